The van der Waals surface area contributed by atoms with Crippen LogP contribution in [-0.2, 0) is 4.79 Å². The van der Waals surface area contributed by atoms with Gasteiger partial charge in [-0.25, -0.2) is 0 Å². The van der Waals surface area contributed by atoms with Crippen molar-refractivity contribution in [3.05, 3.63) is 24.3 Å². The van der Waals surface area contributed by atoms with Crippen LogP contribution in [0.2, 0.25) is 0 Å². The van der Waals surface area contributed by atoms with Gasteiger partial charge in [-0.05, 0) is 24.0 Å². The van der Waals surface area contributed by atoms with Gasteiger partial charge in [0.15, 0.2) is 6.61 Å². The third-order valence-corrected chi connectivity index (χ3v) is 2.42. The van der Waals surface area contributed by atoms with Gasteiger partial charge in [0.05, 0.1) is 0 Å². The van der Waals surface area contributed by atoms with Crippen molar-refractivity contribution in [2.45, 2.75) is 27.2 Å². The molecule has 4 heteroatoms. The molecule has 0 heterocycles. The highest BCUT2D eigenvalue weighted by Gasteiger charge is 2.09. The quantitative estimate of drug-likeness (QED) is 0.814. The Kier molecular flexibility index (Phi) is 5.01. The first-order chi connectivity index (χ1) is 8.37. The van der Waals surface area contributed by atoms with Crippen LogP contribution in [0.25, 0.3) is 0 Å². The van der Waals surface area contributed by atoms with Gasteiger partial charge in [0, 0.05) is 18.3 Å². The van der Waals surface area contributed by atoms with E-state index in [-0.39, 0.29) is 6.61 Å². The first kappa shape index (κ1) is 14.4. The summed E-state index contributed by atoms with van der Waals surface area (Å²) < 4.78 is 5.24. The maximum absolute atomic E-state index is 10.6. The van der Waals surface area contributed by atoms with Crippen molar-refractivity contribution in [1.29, 1.82) is 0 Å². The van der Waals surface area contributed by atoms with Gasteiger partial charge >= 0.3 is 0 Å². The van der Waals surface area contributed by atoms with Crippen molar-refractivity contribution < 1.29 is 9.53 Å². The van der Waals surface area contributed by atoms with Gasteiger partial charge in [0.25, 0.3) is 5.91 Å². The first-order valence-electron chi connectivity index (χ1n) is 6.12. The zero-order valence-electron chi connectivity index (χ0n) is 11.3. The summed E-state index contributed by atoms with van der Waals surface area (Å²) in [5.74, 6) is 0.177. The van der Waals surface area contributed by atoms with Gasteiger partial charge in [0.2, 0.25) is 0 Å². The number of nitrogens with one attached hydrogen (secondary N) is 1. The third kappa shape index (κ3) is 6.13. The van der Waals surface area contributed by atoms with Crippen LogP contribution in [0.1, 0.15) is 27.2 Å². The normalized spacial score (nSPS) is 11.1. The molecule has 1 amide bonds. The molecule has 0 fully saturated rings. The van der Waals surface area contributed by atoms with Gasteiger partial charge in [-0.15, -0.1) is 0 Å². The van der Waals surface area contributed by atoms with E-state index in [0.29, 0.717) is 11.2 Å². The molecule has 0 atom stereocenters. The Morgan fingerprint density at radius 1 is 1.39 bits per heavy atom. The summed E-state index contributed by atoms with van der Waals surface area (Å²) >= 11 is 0. The predicted molar refractivity (Wildman–Crippen MR) is 73.7 cm³/mol. The molecule has 0 aromatic heterocycles. The smallest absolute Gasteiger partial charge is 0.255 e. The van der Waals surface area contributed by atoms with E-state index < -0.39 is 5.91 Å². The maximum Gasteiger partial charge on any atom is 0.255 e. The summed E-state index contributed by atoms with van der Waals surface area (Å²) in [7, 11) is 0. The molecular weight excluding hydrogens is 228 g/mol. The van der Waals surface area contributed by atoms with Crippen LogP contribution in [0, 0.1) is 5.41 Å². The van der Waals surface area contributed by atoms with Crippen LogP contribution in [0.5, 0.6) is 5.75 Å². The zero-order chi connectivity index (χ0) is 13.6. The van der Waals surface area contributed by atoms with E-state index in [4.69, 9.17) is 10.5 Å². The van der Waals surface area contributed by atoms with Crippen molar-refractivity contribution in [1.82, 2.24) is 0 Å². The van der Waals surface area contributed by atoms with E-state index in [0.717, 1.165) is 18.7 Å². The molecule has 0 saturated heterocycles. The van der Waals surface area contributed by atoms with Crippen LogP contribution in [0.3, 0.4) is 0 Å². The zero-order valence-corrected chi connectivity index (χ0v) is 11.3. The maximum atomic E-state index is 10.6. The number of rotatable bonds is 6. The number of ether oxygens (including phenoxy) is 1. The summed E-state index contributed by atoms with van der Waals surface area (Å²) in [6.45, 7) is 7.44. The lowest BCUT2D eigenvalue weighted by Gasteiger charge is -2.18. The fraction of sp³-hybridized carbons (Fsp3) is 0.500. The second kappa shape index (κ2) is 6.28. The minimum absolute atomic E-state index is 0.0918. The summed E-state index contributed by atoms with van der Waals surface area (Å²) in [5, 5.41) is 3.33. The van der Waals surface area contributed by atoms with Gasteiger partial charge in [-0.1, -0.05) is 26.8 Å². The van der Waals surface area contributed by atoms with Crippen LogP contribution < -0.4 is 15.8 Å². The summed E-state index contributed by atoms with van der Waals surface area (Å²) in [6.07, 6.45) is 1.08. The number of hydrogen-bond acceptors (Lipinski definition) is 3. The van der Waals surface area contributed by atoms with Crippen molar-refractivity contribution >= 4 is 11.6 Å². The van der Waals surface area contributed by atoms with E-state index in [2.05, 4.69) is 26.1 Å². The molecule has 0 aliphatic carbocycles. The molecule has 0 bridgehead atoms. The lowest BCUT2D eigenvalue weighted by Crippen LogP contribution is -2.20. The van der Waals surface area contributed by atoms with E-state index in [1.807, 2.05) is 18.2 Å². The average Bonchev–Trinajstić information content (AvgIpc) is 2.25. The van der Waals surface area contributed by atoms with E-state index in [9.17, 15) is 4.79 Å². The Labute approximate surface area is 109 Å². The Morgan fingerprint density at radius 3 is 2.72 bits per heavy atom. The van der Waals surface area contributed by atoms with Crippen LogP contribution in [-0.4, -0.2) is 19.1 Å². The number of nitrogens with two attached hydrogens (primary N) is 1. The summed E-state index contributed by atoms with van der Waals surface area (Å²) in [4.78, 5) is 10.6. The second-order valence-electron chi connectivity index (χ2n) is 5.52. The van der Waals surface area contributed by atoms with Crippen molar-refractivity contribution in [3.8, 4) is 5.75 Å². The van der Waals surface area contributed by atoms with Crippen LogP contribution in [0.15, 0.2) is 24.3 Å². The van der Waals surface area contributed by atoms with E-state index in [1.54, 1.807) is 6.07 Å². The highest BCUT2D eigenvalue weighted by atomic mass is 16.5. The minimum Gasteiger partial charge on any atom is -0.484 e. The molecule has 4 nitrogen and oxygen atoms in total. The number of hydrogen-bond donors (Lipinski definition) is 2. The lowest BCUT2D eigenvalue weighted by molar-refractivity contribution is -0.119. The number of primary amides is 1. The largest absolute Gasteiger partial charge is 0.484 e. The molecule has 0 aliphatic heterocycles. The number of amides is 1. The van der Waals surface area contributed by atoms with Gasteiger partial charge < -0.3 is 15.8 Å². The van der Waals surface area contributed by atoms with Crippen LogP contribution >= 0.6 is 0 Å². The summed E-state index contributed by atoms with van der Waals surface area (Å²) in [6, 6.07) is 7.53. The Bertz CT molecular complexity index is 397. The topological polar surface area (TPSA) is 64.3 Å². The van der Waals surface area contributed by atoms with Crippen molar-refractivity contribution in [2.75, 3.05) is 18.5 Å². The fourth-order valence-electron chi connectivity index (χ4n) is 1.43. The number of carbonyl (C=O) groups is 1. The average molecular weight is 250 g/mol. The molecule has 0 saturated carbocycles. The number of carbonyl (C=O) groups excluding carboxylic acids is 1. The second-order valence-corrected chi connectivity index (χ2v) is 5.52. The minimum atomic E-state index is -0.471. The molecule has 3 N–H and O–H groups in total. The molecule has 0 spiro atoms. The predicted octanol–water partition coefficient (Wildman–Crippen LogP) is 2.40. The molecule has 0 radical (unpaired) electrons. The lowest BCUT2D eigenvalue weighted by atomic mass is 9.92. The number of benzene rings is 1. The van der Waals surface area contributed by atoms with E-state index >= 15 is 0 Å². The summed E-state index contributed by atoms with van der Waals surface area (Å²) in [5.41, 5.74) is 6.33. The molecule has 18 heavy (non-hydrogen) atoms. The Morgan fingerprint density at radius 2 is 2.11 bits per heavy atom. The highest BCUT2D eigenvalue weighted by molar-refractivity contribution is 5.75. The van der Waals surface area contributed by atoms with Crippen molar-refractivity contribution in [3.63, 3.8) is 0 Å². The first-order valence-corrected chi connectivity index (χ1v) is 6.12. The number of anilines is 1. The fourth-order valence-corrected chi connectivity index (χ4v) is 1.43. The standard InChI is InChI=1S/C14H22N2O2/c1-14(2,3)7-8-16-11-5-4-6-12(9-11)18-10-13(15)17/h4-6,9,16H,7-8,10H2,1-3H3,(H2,15,17). The van der Waals surface area contributed by atoms with Crippen molar-refractivity contribution in [2.24, 2.45) is 11.1 Å². The molecule has 1 rings (SSSR count). The molecule has 1 aromatic carbocycles. The molecular formula is C14H22N2O2. The van der Waals surface area contributed by atoms with Gasteiger partial charge in [0.1, 0.15) is 5.75 Å². The molecule has 100 valence electrons. The van der Waals surface area contributed by atoms with Gasteiger partial charge in [-0.3, -0.25) is 4.79 Å². The highest BCUT2D eigenvalue weighted by Crippen LogP contribution is 2.20. The Hall–Kier alpha value is -1.71. The van der Waals surface area contributed by atoms with E-state index in [1.165, 1.54) is 0 Å². The molecule has 0 unspecified atom stereocenters. The van der Waals surface area contributed by atoms with Gasteiger partial charge in [-0.2, -0.15) is 0 Å². The monoisotopic (exact) mass is 250 g/mol. The SMILES string of the molecule is CC(C)(C)CCNc1cccc(OCC(N)=O)c1. The Balaban J connectivity index is 2.46. The third-order valence-electron chi connectivity index (χ3n) is 2.42. The van der Waals surface area contributed by atoms with Crippen LogP contribution in [0.4, 0.5) is 5.69 Å². The molecule has 1 aromatic rings. The molecule has 0 aliphatic rings.